The Morgan fingerprint density at radius 3 is 2.76 bits per heavy atom. The number of nitrogen functional groups attached to an aromatic ring is 1. The number of nitrogens with two attached hydrogens (primary N) is 1. The van der Waals surface area contributed by atoms with Crippen molar-refractivity contribution in [2.24, 2.45) is 0 Å². The molecular weight excluding hydrogens is 379 g/mol. The third-order valence-corrected chi connectivity index (χ3v) is 3.85. The summed E-state index contributed by atoms with van der Waals surface area (Å²) in [7, 11) is 0. The summed E-state index contributed by atoms with van der Waals surface area (Å²) in [5.74, 6) is 0.595. The van der Waals surface area contributed by atoms with Crippen LogP contribution in [-0.2, 0) is 0 Å². The van der Waals surface area contributed by atoms with Crippen LogP contribution in [0.5, 0.6) is 0 Å². The molecule has 2 N–H and O–H groups in total. The van der Waals surface area contributed by atoms with Crippen LogP contribution < -0.4 is 5.73 Å². The highest BCUT2D eigenvalue weighted by molar-refractivity contribution is 9.10. The fourth-order valence-corrected chi connectivity index (χ4v) is 2.60. The molecule has 1 aromatic carbocycles. The summed E-state index contributed by atoms with van der Waals surface area (Å²) in [6.07, 6.45) is 1.47. The molecule has 8 heteroatoms. The number of nitrogens with zero attached hydrogens (tertiary/aromatic N) is 3. The highest BCUT2D eigenvalue weighted by Gasteiger charge is 2.16. The summed E-state index contributed by atoms with van der Waals surface area (Å²) in [4.78, 5) is 8.40. The number of hydrogen-bond acceptors (Lipinski definition) is 5. The van der Waals surface area contributed by atoms with Gasteiger partial charge in [0.1, 0.15) is 5.69 Å². The van der Waals surface area contributed by atoms with E-state index in [1.165, 1.54) is 6.20 Å². The van der Waals surface area contributed by atoms with Gasteiger partial charge in [-0.1, -0.05) is 28.4 Å². The molecule has 0 aliphatic rings. The van der Waals surface area contributed by atoms with Gasteiger partial charge in [-0.05, 0) is 40.2 Å². The second-order valence-electron chi connectivity index (χ2n) is 4.15. The van der Waals surface area contributed by atoms with Gasteiger partial charge in [0.05, 0.1) is 15.6 Å². The normalized spacial score (nSPS) is 10.8. The highest BCUT2D eigenvalue weighted by atomic mass is 79.9. The minimum Gasteiger partial charge on any atom is -0.399 e. The van der Waals surface area contributed by atoms with Gasteiger partial charge in [0.25, 0.3) is 5.89 Å². The van der Waals surface area contributed by atoms with Gasteiger partial charge < -0.3 is 10.3 Å². The van der Waals surface area contributed by atoms with E-state index in [2.05, 4.69) is 31.1 Å². The third kappa shape index (κ3) is 2.88. The van der Waals surface area contributed by atoms with Crippen LogP contribution in [0.3, 0.4) is 0 Å². The number of hydrogen-bond donors (Lipinski definition) is 1. The van der Waals surface area contributed by atoms with Gasteiger partial charge in [0.15, 0.2) is 0 Å². The maximum absolute atomic E-state index is 6.08. The van der Waals surface area contributed by atoms with Crippen molar-refractivity contribution in [3.8, 4) is 23.0 Å². The lowest BCUT2D eigenvalue weighted by Gasteiger charge is -2.00. The number of aromatic nitrogens is 3. The Bertz CT molecular complexity index is 822. The molecule has 0 aliphatic carbocycles. The highest BCUT2D eigenvalue weighted by Crippen LogP contribution is 2.31. The Balaban J connectivity index is 2.06. The second-order valence-corrected chi connectivity index (χ2v) is 5.84. The van der Waals surface area contributed by atoms with Crippen LogP contribution in [-0.4, -0.2) is 15.1 Å². The molecule has 5 nitrogen and oxygen atoms in total. The van der Waals surface area contributed by atoms with Crippen molar-refractivity contribution in [3.63, 3.8) is 0 Å². The summed E-state index contributed by atoms with van der Waals surface area (Å²) in [5.41, 5.74) is 7.45. The minimum absolute atomic E-state index is 0.279. The largest absolute Gasteiger partial charge is 0.399 e. The first kappa shape index (κ1) is 14.3. The van der Waals surface area contributed by atoms with Crippen LogP contribution in [0.4, 0.5) is 5.69 Å². The molecule has 0 atom stereocenters. The minimum atomic E-state index is 0.279. The third-order valence-electron chi connectivity index (χ3n) is 2.67. The van der Waals surface area contributed by atoms with Crippen LogP contribution in [0.1, 0.15) is 0 Å². The van der Waals surface area contributed by atoms with Gasteiger partial charge >= 0.3 is 0 Å². The smallest absolute Gasteiger partial charge is 0.259 e. The average molecular weight is 386 g/mol. The van der Waals surface area contributed by atoms with Crippen LogP contribution in [0.15, 0.2) is 39.5 Å². The van der Waals surface area contributed by atoms with Crippen LogP contribution in [0, 0.1) is 0 Å². The molecule has 0 saturated carbocycles. The quantitative estimate of drug-likeness (QED) is 0.659. The lowest BCUT2D eigenvalue weighted by atomic mass is 10.2. The Morgan fingerprint density at radius 1 is 1.19 bits per heavy atom. The van der Waals surface area contributed by atoms with Gasteiger partial charge in [-0.25, -0.2) is 4.98 Å². The zero-order chi connectivity index (χ0) is 15.0. The predicted octanol–water partition coefficient (Wildman–Crippen LogP) is 4.45. The number of pyridine rings is 1. The number of anilines is 1. The lowest BCUT2D eigenvalue weighted by Crippen LogP contribution is -1.89. The molecule has 0 amide bonds. The van der Waals surface area contributed by atoms with Crippen LogP contribution in [0.25, 0.3) is 23.0 Å². The Labute approximate surface area is 138 Å². The molecule has 3 rings (SSSR count). The molecule has 2 aromatic heterocycles. The van der Waals surface area contributed by atoms with Crippen molar-refractivity contribution in [2.75, 3.05) is 5.73 Å². The number of benzene rings is 1. The summed E-state index contributed by atoms with van der Waals surface area (Å²) >= 11 is 15.3. The van der Waals surface area contributed by atoms with Gasteiger partial charge in [0, 0.05) is 16.4 Å². The van der Waals surface area contributed by atoms with E-state index in [-0.39, 0.29) is 5.82 Å². The molecule has 0 saturated heterocycles. The Hall–Kier alpha value is -1.63. The summed E-state index contributed by atoms with van der Waals surface area (Å²) in [6, 6.07) is 6.88. The molecular formula is C13H7BrCl2N4O. The maximum atomic E-state index is 6.08. The van der Waals surface area contributed by atoms with E-state index in [0.29, 0.717) is 32.9 Å². The van der Waals surface area contributed by atoms with Gasteiger partial charge in [-0.15, -0.1) is 0 Å². The zero-order valence-corrected chi connectivity index (χ0v) is 13.4. The van der Waals surface area contributed by atoms with E-state index in [0.717, 1.165) is 4.47 Å². The van der Waals surface area contributed by atoms with Gasteiger partial charge in [0.2, 0.25) is 5.82 Å². The zero-order valence-electron chi connectivity index (χ0n) is 10.3. The van der Waals surface area contributed by atoms with E-state index in [1.54, 1.807) is 18.2 Å². The first-order valence-corrected chi connectivity index (χ1v) is 7.30. The van der Waals surface area contributed by atoms with Crippen molar-refractivity contribution in [1.82, 2.24) is 15.1 Å². The van der Waals surface area contributed by atoms with Crippen LogP contribution >= 0.6 is 39.1 Å². The second kappa shape index (κ2) is 5.63. The molecule has 0 bridgehead atoms. The van der Waals surface area contributed by atoms with Gasteiger partial charge in [-0.2, -0.15) is 4.98 Å². The van der Waals surface area contributed by atoms with Gasteiger partial charge in [-0.3, -0.25) is 0 Å². The van der Waals surface area contributed by atoms with E-state index in [1.807, 2.05) is 6.07 Å². The van der Waals surface area contributed by atoms with Crippen molar-refractivity contribution in [1.29, 1.82) is 0 Å². The monoisotopic (exact) mass is 384 g/mol. The summed E-state index contributed by atoms with van der Waals surface area (Å²) < 4.78 is 6.04. The summed E-state index contributed by atoms with van der Waals surface area (Å²) in [6.45, 7) is 0. The van der Waals surface area contributed by atoms with Crippen LogP contribution in [0.2, 0.25) is 10.0 Å². The fraction of sp³-hybridized carbons (Fsp3) is 0. The molecule has 3 aromatic rings. The van der Waals surface area contributed by atoms with Crippen molar-refractivity contribution in [3.05, 3.63) is 45.0 Å². The summed E-state index contributed by atoms with van der Waals surface area (Å²) in [5, 5.41) is 4.67. The molecule has 21 heavy (non-hydrogen) atoms. The first-order valence-electron chi connectivity index (χ1n) is 5.75. The molecule has 2 heterocycles. The molecule has 0 fully saturated rings. The molecule has 106 valence electrons. The van der Waals surface area contributed by atoms with E-state index < -0.39 is 0 Å². The topological polar surface area (TPSA) is 77.8 Å². The van der Waals surface area contributed by atoms with Crippen molar-refractivity contribution >= 4 is 44.8 Å². The molecule has 0 spiro atoms. The standard InChI is InChI=1S/C13H7BrCl2N4O/c14-9-2-1-7(17)4-8(9)13-19-12(20-21-13)11-10(16)3-6(15)5-18-11/h1-5H,17H2. The molecule has 0 aliphatic heterocycles. The fourth-order valence-electron chi connectivity index (χ4n) is 1.71. The Morgan fingerprint density at radius 2 is 2.00 bits per heavy atom. The predicted molar refractivity (Wildman–Crippen MR) is 85.1 cm³/mol. The molecule has 0 radical (unpaired) electrons. The molecule has 0 unspecified atom stereocenters. The number of halogens is 3. The lowest BCUT2D eigenvalue weighted by molar-refractivity contribution is 0.432. The Kier molecular flexibility index (Phi) is 3.84. The van der Waals surface area contributed by atoms with Crippen molar-refractivity contribution < 1.29 is 4.52 Å². The first-order chi connectivity index (χ1) is 10.0. The van der Waals surface area contributed by atoms with Crippen molar-refractivity contribution in [2.45, 2.75) is 0 Å². The van der Waals surface area contributed by atoms with E-state index >= 15 is 0 Å². The SMILES string of the molecule is Nc1ccc(Br)c(-c2nc(-c3ncc(Cl)cc3Cl)no2)c1. The average Bonchev–Trinajstić information content (AvgIpc) is 2.91. The van der Waals surface area contributed by atoms with E-state index in [9.17, 15) is 0 Å². The number of rotatable bonds is 2. The van der Waals surface area contributed by atoms with E-state index in [4.69, 9.17) is 33.5 Å². The maximum Gasteiger partial charge on any atom is 0.259 e.